The summed E-state index contributed by atoms with van der Waals surface area (Å²) in [5.41, 5.74) is 0.151. The van der Waals surface area contributed by atoms with Gasteiger partial charge in [0.25, 0.3) is 0 Å². The second-order valence-corrected chi connectivity index (χ2v) is 7.68. The van der Waals surface area contributed by atoms with Crippen LogP contribution in [0.4, 0.5) is 0 Å². The van der Waals surface area contributed by atoms with Crippen LogP contribution in [0.15, 0.2) is 12.2 Å². The van der Waals surface area contributed by atoms with Gasteiger partial charge in [0.15, 0.2) is 9.84 Å². The van der Waals surface area contributed by atoms with Gasteiger partial charge >= 0.3 is 0 Å². The van der Waals surface area contributed by atoms with Crippen LogP contribution in [0.1, 0.15) is 47.0 Å². The largest absolute Gasteiger partial charge is 0.312 e. The molecule has 102 valence electrons. The average Bonchev–Trinajstić information content (AvgIpc) is 2.14. The van der Waals surface area contributed by atoms with E-state index >= 15 is 0 Å². The molecule has 0 atom stereocenters. The Bertz CT molecular complexity index is 313. The van der Waals surface area contributed by atoms with E-state index in [1.54, 1.807) is 0 Å². The third kappa shape index (κ3) is 11.9. The van der Waals surface area contributed by atoms with Crippen molar-refractivity contribution in [1.82, 2.24) is 5.32 Å². The molecule has 0 aromatic heterocycles. The summed E-state index contributed by atoms with van der Waals surface area (Å²) in [6, 6.07) is 0. The van der Waals surface area contributed by atoms with Crippen LogP contribution in [0.2, 0.25) is 0 Å². The minimum Gasteiger partial charge on any atom is -0.312 e. The third-order valence-corrected chi connectivity index (χ3v) is 4.13. The Morgan fingerprint density at radius 2 is 1.65 bits per heavy atom. The van der Waals surface area contributed by atoms with Gasteiger partial charge in [-0.2, -0.15) is 0 Å². The van der Waals surface area contributed by atoms with E-state index in [2.05, 4.69) is 32.2 Å². The maximum atomic E-state index is 11.4. The summed E-state index contributed by atoms with van der Waals surface area (Å²) in [6.07, 6.45) is 6.32. The van der Waals surface area contributed by atoms with Gasteiger partial charge in [0.1, 0.15) is 0 Å². The van der Waals surface area contributed by atoms with E-state index in [1.807, 2.05) is 13.0 Å². The number of sulfone groups is 1. The van der Waals surface area contributed by atoms with Crippen molar-refractivity contribution in [3.8, 4) is 0 Å². The normalized spacial score (nSPS) is 13.4. The molecule has 0 aromatic carbocycles. The molecule has 0 aliphatic carbocycles. The first kappa shape index (κ1) is 16.6. The molecule has 0 saturated carbocycles. The fourth-order valence-electron chi connectivity index (χ4n) is 1.43. The number of allylic oxidation sites excluding steroid dienone is 1. The maximum Gasteiger partial charge on any atom is 0.150 e. The Labute approximate surface area is 107 Å². The van der Waals surface area contributed by atoms with Gasteiger partial charge in [0.2, 0.25) is 0 Å². The first-order valence-corrected chi connectivity index (χ1v) is 8.19. The Kier molecular flexibility index (Phi) is 7.71. The van der Waals surface area contributed by atoms with E-state index < -0.39 is 9.84 Å². The van der Waals surface area contributed by atoms with E-state index in [0.717, 1.165) is 13.0 Å². The van der Waals surface area contributed by atoms with Gasteiger partial charge in [-0.15, -0.1) is 0 Å². The molecular weight excluding hydrogens is 234 g/mol. The Morgan fingerprint density at radius 1 is 1.06 bits per heavy atom. The fraction of sp³-hybridized carbons (Fsp3) is 0.846. The van der Waals surface area contributed by atoms with Crippen LogP contribution in [-0.2, 0) is 9.84 Å². The monoisotopic (exact) mass is 261 g/mol. The van der Waals surface area contributed by atoms with Gasteiger partial charge in [0, 0.05) is 11.3 Å². The molecule has 4 heteroatoms. The molecular formula is C13H27NO2S. The predicted octanol–water partition coefficient (Wildman–Crippen LogP) is 2.54. The average molecular weight is 261 g/mol. The van der Waals surface area contributed by atoms with Crippen molar-refractivity contribution in [3.63, 3.8) is 0 Å². The van der Waals surface area contributed by atoms with E-state index in [9.17, 15) is 8.42 Å². The number of hydrogen-bond donors (Lipinski definition) is 1. The molecule has 0 fully saturated rings. The second kappa shape index (κ2) is 7.88. The number of hydrogen-bond acceptors (Lipinski definition) is 3. The molecule has 0 bridgehead atoms. The molecule has 0 spiro atoms. The highest BCUT2D eigenvalue weighted by Crippen LogP contribution is 2.00. The molecule has 17 heavy (non-hydrogen) atoms. The lowest BCUT2D eigenvalue weighted by atomic mass is 10.1. The smallest absolute Gasteiger partial charge is 0.150 e. The zero-order chi connectivity index (χ0) is 13.4. The van der Waals surface area contributed by atoms with Gasteiger partial charge in [-0.25, -0.2) is 8.42 Å². The van der Waals surface area contributed by atoms with Crippen molar-refractivity contribution in [2.24, 2.45) is 0 Å². The minimum absolute atomic E-state index is 0.151. The summed E-state index contributed by atoms with van der Waals surface area (Å²) < 4.78 is 22.8. The van der Waals surface area contributed by atoms with Crippen molar-refractivity contribution in [3.05, 3.63) is 12.2 Å². The maximum absolute atomic E-state index is 11.4. The lowest BCUT2D eigenvalue weighted by Crippen LogP contribution is -2.36. The van der Waals surface area contributed by atoms with Gasteiger partial charge in [0.05, 0.1) is 5.75 Å². The Morgan fingerprint density at radius 3 is 2.18 bits per heavy atom. The lowest BCUT2D eigenvalue weighted by molar-refractivity contribution is 0.431. The highest BCUT2D eigenvalue weighted by Gasteiger charge is 2.07. The predicted molar refractivity (Wildman–Crippen MR) is 75.1 cm³/mol. The highest BCUT2D eigenvalue weighted by molar-refractivity contribution is 7.91. The van der Waals surface area contributed by atoms with Crippen LogP contribution >= 0.6 is 0 Å². The summed E-state index contributed by atoms with van der Waals surface area (Å²) in [5, 5.41) is 3.38. The second-order valence-electron chi connectivity index (χ2n) is 5.38. The molecule has 0 aliphatic rings. The zero-order valence-electron chi connectivity index (χ0n) is 11.6. The summed E-state index contributed by atoms with van der Waals surface area (Å²) in [7, 11) is -2.81. The summed E-state index contributed by atoms with van der Waals surface area (Å²) in [4.78, 5) is 0. The summed E-state index contributed by atoms with van der Waals surface area (Å²) in [5.74, 6) is 0.594. The van der Waals surface area contributed by atoms with Crippen LogP contribution < -0.4 is 5.32 Å². The fourth-order valence-corrected chi connectivity index (χ4v) is 2.75. The zero-order valence-corrected chi connectivity index (χ0v) is 12.4. The van der Waals surface area contributed by atoms with Gasteiger partial charge in [-0.05, 0) is 46.6 Å². The van der Waals surface area contributed by atoms with Gasteiger partial charge in [-0.1, -0.05) is 19.1 Å². The van der Waals surface area contributed by atoms with E-state index in [1.165, 1.54) is 0 Å². The first-order valence-electron chi connectivity index (χ1n) is 6.37. The first-order chi connectivity index (χ1) is 7.77. The van der Waals surface area contributed by atoms with Crippen LogP contribution in [0.3, 0.4) is 0 Å². The lowest BCUT2D eigenvalue weighted by Gasteiger charge is -2.19. The quantitative estimate of drug-likeness (QED) is 0.539. The Hall–Kier alpha value is -0.350. The number of nitrogens with one attached hydrogen (secondary N) is 1. The standard InChI is InChI=1S/C13H27NO2S/c1-5-11-17(15,16)12-9-7-6-8-10-14-13(2,3)4/h6-7,14H,5,8-12H2,1-4H3/b7-6+. The Balaban J connectivity index is 3.63. The number of rotatable bonds is 8. The molecule has 0 unspecified atom stereocenters. The van der Waals surface area contributed by atoms with Crippen molar-refractivity contribution < 1.29 is 8.42 Å². The molecule has 0 radical (unpaired) electrons. The van der Waals surface area contributed by atoms with Crippen molar-refractivity contribution in [1.29, 1.82) is 0 Å². The van der Waals surface area contributed by atoms with Crippen molar-refractivity contribution in [2.45, 2.75) is 52.5 Å². The topological polar surface area (TPSA) is 46.2 Å². The van der Waals surface area contributed by atoms with Gasteiger partial charge < -0.3 is 5.32 Å². The van der Waals surface area contributed by atoms with Crippen LogP contribution in [0.5, 0.6) is 0 Å². The van der Waals surface area contributed by atoms with E-state index in [4.69, 9.17) is 0 Å². The van der Waals surface area contributed by atoms with Crippen molar-refractivity contribution >= 4 is 9.84 Å². The molecule has 0 heterocycles. The highest BCUT2D eigenvalue weighted by atomic mass is 32.2. The molecule has 0 rings (SSSR count). The third-order valence-electron chi connectivity index (χ3n) is 2.24. The van der Waals surface area contributed by atoms with E-state index in [0.29, 0.717) is 18.6 Å². The molecule has 0 saturated heterocycles. The minimum atomic E-state index is -2.81. The van der Waals surface area contributed by atoms with Gasteiger partial charge in [-0.3, -0.25) is 0 Å². The van der Waals surface area contributed by atoms with Crippen LogP contribution in [-0.4, -0.2) is 32.0 Å². The molecule has 0 amide bonds. The molecule has 0 aromatic rings. The summed E-state index contributed by atoms with van der Waals surface area (Å²) >= 11 is 0. The molecule has 0 aliphatic heterocycles. The molecule has 3 nitrogen and oxygen atoms in total. The van der Waals surface area contributed by atoms with Crippen molar-refractivity contribution in [2.75, 3.05) is 18.1 Å². The van der Waals surface area contributed by atoms with Crippen LogP contribution in [0, 0.1) is 0 Å². The SMILES string of the molecule is CCCS(=O)(=O)CC/C=C/CCNC(C)(C)C. The summed E-state index contributed by atoms with van der Waals surface area (Å²) in [6.45, 7) is 9.23. The molecule has 1 N–H and O–H groups in total. The van der Waals surface area contributed by atoms with E-state index in [-0.39, 0.29) is 11.3 Å². The van der Waals surface area contributed by atoms with Crippen LogP contribution in [0.25, 0.3) is 0 Å².